The molecule has 1 atom stereocenters. The Morgan fingerprint density at radius 2 is 2.03 bits per heavy atom. The maximum absolute atomic E-state index is 13.5. The number of aliphatic hydroxyl groups excluding tert-OH is 1. The van der Waals surface area contributed by atoms with Gasteiger partial charge in [0.15, 0.2) is 0 Å². The Labute approximate surface area is 175 Å². The summed E-state index contributed by atoms with van der Waals surface area (Å²) in [5.41, 5.74) is 2.55. The summed E-state index contributed by atoms with van der Waals surface area (Å²) in [5, 5.41) is 9.93. The van der Waals surface area contributed by atoms with Crippen molar-refractivity contribution in [3.63, 3.8) is 0 Å². The maximum Gasteiger partial charge on any atom is 0.213 e. The van der Waals surface area contributed by atoms with E-state index in [-0.39, 0.29) is 18.5 Å². The molecule has 1 aromatic heterocycles. The number of hydrogen-bond donors (Lipinski definition) is 1. The average molecular weight is 408 g/mol. The van der Waals surface area contributed by atoms with Crippen LogP contribution in [0.15, 0.2) is 60.8 Å². The molecule has 0 radical (unpaired) electrons. The molecule has 0 spiro atoms. The lowest BCUT2D eigenvalue weighted by Crippen LogP contribution is -2.25. The summed E-state index contributed by atoms with van der Waals surface area (Å²) in [6.07, 6.45) is 3.32. The van der Waals surface area contributed by atoms with E-state index in [1.165, 1.54) is 12.1 Å². The minimum atomic E-state index is -0.276. The number of ether oxygens (including phenoxy) is 2. The summed E-state index contributed by atoms with van der Waals surface area (Å²) in [7, 11) is 0. The molecular formula is C24H25FN2O3. The lowest BCUT2D eigenvalue weighted by atomic mass is 10.1. The highest BCUT2D eigenvalue weighted by Gasteiger charge is 2.26. The third kappa shape index (κ3) is 4.54. The van der Waals surface area contributed by atoms with E-state index in [2.05, 4.69) is 9.88 Å². The molecule has 1 aliphatic heterocycles. The summed E-state index contributed by atoms with van der Waals surface area (Å²) < 4.78 is 25.4. The first-order valence-corrected chi connectivity index (χ1v) is 10.2. The molecule has 156 valence electrons. The van der Waals surface area contributed by atoms with Crippen molar-refractivity contribution in [3.8, 4) is 17.4 Å². The number of halogens is 1. The molecule has 3 aromatic rings. The summed E-state index contributed by atoms with van der Waals surface area (Å²) in [6.45, 7) is 3.42. The van der Waals surface area contributed by atoms with Gasteiger partial charge in [-0.2, -0.15) is 0 Å². The number of aromatic nitrogens is 1. The first-order valence-electron chi connectivity index (χ1n) is 10.2. The van der Waals surface area contributed by atoms with E-state index >= 15 is 0 Å². The number of hydrogen-bond acceptors (Lipinski definition) is 5. The molecule has 6 heteroatoms. The van der Waals surface area contributed by atoms with Gasteiger partial charge in [-0.15, -0.1) is 0 Å². The minimum Gasteiger partial charge on any atom is -0.472 e. The van der Waals surface area contributed by atoms with Crippen LogP contribution < -0.4 is 14.4 Å². The van der Waals surface area contributed by atoms with Crippen LogP contribution in [0.3, 0.4) is 0 Å². The zero-order chi connectivity index (χ0) is 20.9. The van der Waals surface area contributed by atoms with Gasteiger partial charge in [-0.3, -0.25) is 0 Å². The molecule has 0 bridgehead atoms. The Kier molecular flexibility index (Phi) is 6.14. The van der Waals surface area contributed by atoms with Crippen LogP contribution >= 0.6 is 0 Å². The van der Waals surface area contributed by atoms with Crippen molar-refractivity contribution in [1.29, 1.82) is 0 Å². The van der Waals surface area contributed by atoms with Crippen molar-refractivity contribution < 1.29 is 19.0 Å². The van der Waals surface area contributed by atoms with Crippen LogP contribution in [-0.4, -0.2) is 29.3 Å². The number of nitrogens with zero attached hydrogens (tertiary/aromatic N) is 2. The van der Waals surface area contributed by atoms with Crippen LogP contribution in [0.1, 0.15) is 24.5 Å². The van der Waals surface area contributed by atoms with Crippen molar-refractivity contribution in [1.82, 2.24) is 4.98 Å². The fraction of sp³-hybridized carbons (Fsp3) is 0.292. The predicted octanol–water partition coefficient (Wildman–Crippen LogP) is 4.73. The van der Waals surface area contributed by atoms with Gasteiger partial charge in [0.2, 0.25) is 5.88 Å². The quantitative estimate of drug-likeness (QED) is 0.613. The van der Waals surface area contributed by atoms with Gasteiger partial charge in [0, 0.05) is 36.5 Å². The van der Waals surface area contributed by atoms with Gasteiger partial charge in [-0.1, -0.05) is 13.0 Å². The average Bonchev–Trinajstić information content (AvgIpc) is 3.23. The van der Waals surface area contributed by atoms with E-state index in [1.807, 2.05) is 43.3 Å². The second-order valence-corrected chi connectivity index (χ2v) is 7.30. The van der Waals surface area contributed by atoms with Gasteiger partial charge in [-0.05, 0) is 54.4 Å². The highest BCUT2D eigenvalue weighted by atomic mass is 19.1. The number of rotatable bonds is 7. The first kappa shape index (κ1) is 20.2. The standard InChI is InChI=1S/C24H25FN2O3/c1-2-17-13-19(25)6-9-23(17)29-20-7-8-22(18(14-20)16-28)27-12-10-21(15-27)30-24-5-3-4-11-26-24/h3-9,11,13-14,21,28H,2,10,12,15-16H2,1H3/t21-/m0/s1. The summed E-state index contributed by atoms with van der Waals surface area (Å²) in [6, 6.07) is 15.8. The van der Waals surface area contributed by atoms with Crippen molar-refractivity contribution >= 4 is 5.69 Å². The molecule has 4 rings (SSSR count). The first-order chi connectivity index (χ1) is 14.7. The highest BCUT2D eigenvalue weighted by molar-refractivity contribution is 5.57. The minimum absolute atomic E-state index is 0.0497. The fourth-order valence-corrected chi connectivity index (χ4v) is 3.74. The lowest BCUT2D eigenvalue weighted by Gasteiger charge is -2.22. The van der Waals surface area contributed by atoms with E-state index in [0.29, 0.717) is 23.8 Å². The van der Waals surface area contributed by atoms with Gasteiger partial charge in [0.1, 0.15) is 23.4 Å². The molecule has 2 aromatic carbocycles. The van der Waals surface area contributed by atoms with E-state index in [4.69, 9.17) is 9.47 Å². The zero-order valence-corrected chi connectivity index (χ0v) is 16.9. The number of pyridine rings is 1. The number of benzene rings is 2. The predicted molar refractivity (Wildman–Crippen MR) is 114 cm³/mol. The number of anilines is 1. The van der Waals surface area contributed by atoms with Crippen LogP contribution in [0.25, 0.3) is 0 Å². The second kappa shape index (κ2) is 9.13. The van der Waals surface area contributed by atoms with Gasteiger partial charge in [0.25, 0.3) is 0 Å². The molecule has 0 saturated carbocycles. The van der Waals surface area contributed by atoms with E-state index in [9.17, 15) is 9.50 Å². The van der Waals surface area contributed by atoms with Crippen LogP contribution in [0.5, 0.6) is 17.4 Å². The Balaban J connectivity index is 1.48. The maximum atomic E-state index is 13.5. The van der Waals surface area contributed by atoms with E-state index in [1.54, 1.807) is 12.3 Å². The van der Waals surface area contributed by atoms with Gasteiger partial charge in [-0.25, -0.2) is 9.37 Å². The monoisotopic (exact) mass is 408 g/mol. The molecular weight excluding hydrogens is 383 g/mol. The van der Waals surface area contributed by atoms with Crippen LogP contribution in [0.2, 0.25) is 0 Å². The topological polar surface area (TPSA) is 54.8 Å². The zero-order valence-electron chi connectivity index (χ0n) is 16.9. The molecule has 1 N–H and O–H groups in total. The molecule has 0 unspecified atom stereocenters. The third-order valence-corrected chi connectivity index (χ3v) is 5.26. The van der Waals surface area contributed by atoms with E-state index < -0.39 is 0 Å². The van der Waals surface area contributed by atoms with Crippen LogP contribution in [-0.2, 0) is 13.0 Å². The second-order valence-electron chi connectivity index (χ2n) is 7.30. The lowest BCUT2D eigenvalue weighted by molar-refractivity contribution is 0.216. The summed E-state index contributed by atoms with van der Waals surface area (Å²) >= 11 is 0. The van der Waals surface area contributed by atoms with Crippen LogP contribution in [0.4, 0.5) is 10.1 Å². The molecule has 0 aliphatic carbocycles. The molecule has 1 fully saturated rings. The molecule has 0 amide bonds. The van der Waals surface area contributed by atoms with Gasteiger partial charge < -0.3 is 19.5 Å². The Morgan fingerprint density at radius 1 is 1.13 bits per heavy atom. The van der Waals surface area contributed by atoms with Crippen molar-refractivity contribution in [2.45, 2.75) is 32.5 Å². The number of aryl methyl sites for hydroxylation is 1. The van der Waals surface area contributed by atoms with Crippen molar-refractivity contribution in [2.24, 2.45) is 0 Å². The molecule has 2 heterocycles. The Hall–Kier alpha value is -3.12. The SMILES string of the molecule is CCc1cc(F)ccc1Oc1ccc(N2CC[C@H](Oc3ccccn3)C2)c(CO)c1. The molecule has 30 heavy (non-hydrogen) atoms. The van der Waals surface area contributed by atoms with Gasteiger partial charge >= 0.3 is 0 Å². The normalized spacial score (nSPS) is 16.0. The van der Waals surface area contributed by atoms with Crippen LogP contribution in [0, 0.1) is 5.82 Å². The molecule has 5 nitrogen and oxygen atoms in total. The smallest absolute Gasteiger partial charge is 0.213 e. The van der Waals surface area contributed by atoms with E-state index in [0.717, 1.165) is 36.3 Å². The molecule has 1 aliphatic rings. The van der Waals surface area contributed by atoms with Gasteiger partial charge in [0.05, 0.1) is 13.2 Å². The highest BCUT2D eigenvalue weighted by Crippen LogP contribution is 2.32. The number of aliphatic hydroxyl groups is 1. The fourth-order valence-electron chi connectivity index (χ4n) is 3.74. The largest absolute Gasteiger partial charge is 0.472 e. The van der Waals surface area contributed by atoms with Crippen molar-refractivity contribution in [2.75, 3.05) is 18.0 Å². The van der Waals surface area contributed by atoms with Crippen molar-refractivity contribution in [3.05, 3.63) is 77.7 Å². The summed E-state index contributed by atoms with van der Waals surface area (Å²) in [4.78, 5) is 6.43. The summed E-state index contributed by atoms with van der Waals surface area (Å²) in [5.74, 6) is 1.59. The third-order valence-electron chi connectivity index (χ3n) is 5.26. The Bertz CT molecular complexity index is 997. The Morgan fingerprint density at radius 3 is 2.80 bits per heavy atom. The molecule has 1 saturated heterocycles.